The summed E-state index contributed by atoms with van der Waals surface area (Å²) in [4.78, 5) is 3.22. The molecule has 1 N–H and O–H groups in total. The normalized spacial score (nSPS) is 10.9. The van der Waals surface area contributed by atoms with Gasteiger partial charge in [0, 0.05) is 22.3 Å². The number of aromatic amines is 1. The summed E-state index contributed by atoms with van der Waals surface area (Å²) >= 11 is 6.02. The van der Waals surface area contributed by atoms with Gasteiger partial charge in [-0.05, 0) is 59.8 Å². The van der Waals surface area contributed by atoms with E-state index in [0.29, 0.717) is 5.02 Å². The van der Waals surface area contributed by atoms with Gasteiger partial charge in [-0.2, -0.15) is 0 Å². The van der Waals surface area contributed by atoms with Crippen LogP contribution < -0.4 is 4.74 Å². The molecule has 1 heterocycles. The second-order valence-corrected chi connectivity index (χ2v) is 5.01. The fourth-order valence-corrected chi connectivity index (χ4v) is 2.55. The summed E-state index contributed by atoms with van der Waals surface area (Å²) in [6.07, 6.45) is 1.95. The Hall–Kier alpha value is -1.93. The van der Waals surface area contributed by atoms with E-state index in [0.717, 1.165) is 16.8 Å². The summed E-state index contributed by atoms with van der Waals surface area (Å²) in [5.74, 6) is 0.797. The first-order valence-electron chi connectivity index (χ1n) is 6.10. The van der Waals surface area contributed by atoms with Gasteiger partial charge in [0.1, 0.15) is 5.75 Å². The highest BCUT2D eigenvalue weighted by Gasteiger charge is 2.10. The molecule has 0 spiro atoms. The Morgan fingerprint density at radius 1 is 1.05 bits per heavy atom. The predicted octanol–water partition coefficient (Wildman–Crippen LogP) is 4.81. The number of benzene rings is 2. The van der Waals surface area contributed by atoms with Crippen molar-refractivity contribution in [2.45, 2.75) is 6.92 Å². The van der Waals surface area contributed by atoms with Crippen LogP contribution in [0, 0.1) is 6.92 Å². The molecule has 0 bridgehead atoms. The van der Waals surface area contributed by atoms with E-state index in [1.807, 2.05) is 24.4 Å². The lowest BCUT2D eigenvalue weighted by molar-refractivity contribution is 0.416. The van der Waals surface area contributed by atoms with Crippen LogP contribution in [-0.4, -0.2) is 12.1 Å². The van der Waals surface area contributed by atoms with Gasteiger partial charge in [0.25, 0.3) is 0 Å². The highest BCUT2D eigenvalue weighted by Crippen LogP contribution is 2.35. The zero-order valence-corrected chi connectivity index (χ0v) is 11.6. The molecule has 0 saturated heterocycles. The van der Waals surface area contributed by atoms with Crippen molar-refractivity contribution in [3.05, 3.63) is 53.2 Å². The van der Waals surface area contributed by atoms with Crippen molar-refractivity contribution in [3.8, 4) is 16.9 Å². The average Bonchev–Trinajstić information content (AvgIpc) is 2.85. The van der Waals surface area contributed by atoms with E-state index in [9.17, 15) is 0 Å². The van der Waals surface area contributed by atoms with Crippen molar-refractivity contribution in [2.75, 3.05) is 7.11 Å². The minimum absolute atomic E-state index is 0.681. The average molecular weight is 272 g/mol. The number of rotatable bonds is 2. The van der Waals surface area contributed by atoms with Gasteiger partial charge in [0.15, 0.2) is 0 Å². The van der Waals surface area contributed by atoms with Crippen LogP contribution >= 0.6 is 11.6 Å². The smallest absolute Gasteiger partial charge is 0.128 e. The van der Waals surface area contributed by atoms with Crippen molar-refractivity contribution >= 4 is 22.5 Å². The van der Waals surface area contributed by atoms with E-state index < -0.39 is 0 Å². The van der Waals surface area contributed by atoms with Crippen LogP contribution in [0.3, 0.4) is 0 Å². The van der Waals surface area contributed by atoms with Crippen LogP contribution in [-0.2, 0) is 0 Å². The zero-order valence-electron chi connectivity index (χ0n) is 10.8. The minimum atomic E-state index is 0.681. The lowest BCUT2D eigenvalue weighted by Gasteiger charge is -2.12. The van der Waals surface area contributed by atoms with E-state index in [1.54, 1.807) is 7.11 Å². The number of fused-ring (bicyclic) bond motifs is 1. The summed E-state index contributed by atoms with van der Waals surface area (Å²) in [5, 5.41) is 1.87. The summed E-state index contributed by atoms with van der Waals surface area (Å²) in [5.41, 5.74) is 4.58. The lowest BCUT2D eigenvalue weighted by Crippen LogP contribution is -1.90. The molecule has 0 unspecified atom stereocenters. The molecule has 0 aliphatic carbocycles. The number of ether oxygens (including phenoxy) is 1. The quantitative estimate of drug-likeness (QED) is 0.711. The molecular weight excluding hydrogens is 258 g/mol. The van der Waals surface area contributed by atoms with Gasteiger partial charge in [-0.25, -0.2) is 0 Å². The molecule has 0 fully saturated rings. The number of methoxy groups -OCH3 is 1. The van der Waals surface area contributed by atoms with E-state index >= 15 is 0 Å². The topological polar surface area (TPSA) is 25.0 Å². The Morgan fingerprint density at radius 3 is 2.68 bits per heavy atom. The van der Waals surface area contributed by atoms with Gasteiger partial charge in [-0.15, -0.1) is 0 Å². The molecule has 0 saturated carbocycles. The van der Waals surface area contributed by atoms with Crippen LogP contribution in [0.4, 0.5) is 0 Å². The third kappa shape index (κ3) is 2.08. The largest absolute Gasteiger partial charge is 0.496 e. The predicted molar refractivity (Wildman–Crippen MR) is 80.0 cm³/mol. The van der Waals surface area contributed by atoms with Gasteiger partial charge in [-0.1, -0.05) is 11.6 Å². The summed E-state index contributed by atoms with van der Waals surface area (Å²) in [6, 6.07) is 12.1. The number of hydrogen-bond acceptors (Lipinski definition) is 1. The molecule has 19 heavy (non-hydrogen) atoms. The molecule has 2 aromatic carbocycles. The van der Waals surface area contributed by atoms with Crippen LogP contribution in [0.15, 0.2) is 42.6 Å². The second-order valence-electron chi connectivity index (χ2n) is 4.58. The summed E-state index contributed by atoms with van der Waals surface area (Å²) in [7, 11) is 1.67. The molecule has 0 amide bonds. The van der Waals surface area contributed by atoms with Gasteiger partial charge in [0.2, 0.25) is 0 Å². The first-order valence-corrected chi connectivity index (χ1v) is 6.48. The van der Waals surface area contributed by atoms with Gasteiger partial charge >= 0.3 is 0 Å². The SMILES string of the molecule is COc1cc(Cl)ccc1-c1cc2cc[nH]c2cc1C. The van der Waals surface area contributed by atoms with Crippen LogP contribution in [0.2, 0.25) is 5.02 Å². The van der Waals surface area contributed by atoms with Crippen LogP contribution in [0.5, 0.6) is 5.75 Å². The fourth-order valence-electron chi connectivity index (χ4n) is 2.39. The van der Waals surface area contributed by atoms with Gasteiger partial charge < -0.3 is 9.72 Å². The molecular formula is C16H14ClNO. The van der Waals surface area contributed by atoms with E-state index in [4.69, 9.17) is 16.3 Å². The first-order chi connectivity index (χ1) is 9.19. The standard InChI is InChI=1S/C16H14ClNO/c1-10-7-15-11(5-6-18-15)8-14(10)13-4-3-12(17)9-16(13)19-2/h3-9,18H,1-2H3. The first kappa shape index (κ1) is 12.1. The fraction of sp³-hybridized carbons (Fsp3) is 0.125. The summed E-state index contributed by atoms with van der Waals surface area (Å²) < 4.78 is 5.44. The maximum atomic E-state index is 6.02. The number of nitrogens with one attached hydrogen (secondary N) is 1. The van der Waals surface area contributed by atoms with Crippen molar-refractivity contribution in [3.63, 3.8) is 0 Å². The molecule has 2 nitrogen and oxygen atoms in total. The molecule has 3 aromatic rings. The number of halogens is 1. The number of aromatic nitrogens is 1. The zero-order chi connectivity index (χ0) is 13.4. The highest BCUT2D eigenvalue weighted by molar-refractivity contribution is 6.30. The molecule has 0 atom stereocenters. The highest BCUT2D eigenvalue weighted by atomic mass is 35.5. The molecule has 0 aliphatic rings. The van der Waals surface area contributed by atoms with Crippen molar-refractivity contribution in [1.29, 1.82) is 0 Å². The Morgan fingerprint density at radius 2 is 1.89 bits per heavy atom. The van der Waals surface area contributed by atoms with Crippen molar-refractivity contribution in [1.82, 2.24) is 4.98 Å². The maximum Gasteiger partial charge on any atom is 0.128 e. The number of aryl methyl sites for hydroxylation is 1. The number of H-pyrrole nitrogens is 1. The minimum Gasteiger partial charge on any atom is -0.496 e. The second kappa shape index (κ2) is 4.63. The third-order valence-electron chi connectivity index (χ3n) is 3.35. The Labute approximate surface area is 117 Å². The lowest BCUT2D eigenvalue weighted by atomic mass is 9.98. The Kier molecular flexibility index (Phi) is 2.96. The molecule has 3 heteroatoms. The molecule has 3 rings (SSSR count). The van der Waals surface area contributed by atoms with E-state index in [1.165, 1.54) is 16.5 Å². The van der Waals surface area contributed by atoms with E-state index in [-0.39, 0.29) is 0 Å². The molecule has 0 aliphatic heterocycles. The molecule has 0 radical (unpaired) electrons. The summed E-state index contributed by atoms with van der Waals surface area (Å²) in [6.45, 7) is 2.10. The molecule has 96 valence electrons. The number of hydrogen-bond donors (Lipinski definition) is 1. The van der Waals surface area contributed by atoms with Crippen molar-refractivity contribution < 1.29 is 4.74 Å². The van der Waals surface area contributed by atoms with Crippen molar-refractivity contribution in [2.24, 2.45) is 0 Å². The van der Waals surface area contributed by atoms with E-state index in [2.05, 4.69) is 30.1 Å². The maximum absolute atomic E-state index is 6.02. The third-order valence-corrected chi connectivity index (χ3v) is 3.59. The monoisotopic (exact) mass is 271 g/mol. The Balaban J connectivity index is 2.25. The van der Waals surface area contributed by atoms with Gasteiger partial charge in [-0.3, -0.25) is 0 Å². The van der Waals surface area contributed by atoms with Crippen LogP contribution in [0.1, 0.15) is 5.56 Å². The molecule has 1 aromatic heterocycles. The van der Waals surface area contributed by atoms with Crippen LogP contribution in [0.25, 0.3) is 22.0 Å². The van der Waals surface area contributed by atoms with Gasteiger partial charge in [0.05, 0.1) is 7.11 Å². The Bertz CT molecular complexity index is 746.